The van der Waals surface area contributed by atoms with Crippen LogP contribution in [0.1, 0.15) is 10.5 Å². The lowest BCUT2D eigenvalue weighted by molar-refractivity contribution is 0.102. The van der Waals surface area contributed by atoms with Gasteiger partial charge in [0, 0.05) is 18.8 Å². The number of anilines is 1. The lowest BCUT2D eigenvalue weighted by Crippen LogP contribution is -2.14. The van der Waals surface area contributed by atoms with Crippen LogP contribution in [0.5, 0.6) is 0 Å². The highest BCUT2D eigenvalue weighted by Crippen LogP contribution is 2.12. The van der Waals surface area contributed by atoms with Crippen molar-refractivity contribution in [2.45, 2.75) is 0 Å². The van der Waals surface area contributed by atoms with Gasteiger partial charge < -0.3 is 9.72 Å². The van der Waals surface area contributed by atoms with Gasteiger partial charge in [0.1, 0.15) is 11.4 Å². The number of fused-ring (bicyclic) bond motifs is 1. The predicted octanol–water partition coefficient (Wildman–Crippen LogP) is 1.51. The molecule has 0 aliphatic heterocycles. The van der Waals surface area contributed by atoms with Crippen LogP contribution in [0, 0.1) is 0 Å². The molecule has 0 aliphatic rings. The van der Waals surface area contributed by atoms with E-state index in [1.165, 1.54) is 11.0 Å². The largest absolute Gasteiger partial charge is 0.312 e. The minimum Gasteiger partial charge on any atom is -0.312 e. The van der Waals surface area contributed by atoms with Gasteiger partial charge in [0.2, 0.25) is 0 Å². The van der Waals surface area contributed by atoms with Crippen LogP contribution in [-0.2, 0) is 7.05 Å². The Labute approximate surface area is 131 Å². The van der Waals surface area contributed by atoms with Crippen molar-refractivity contribution in [3.05, 3.63) is 60.8 Å². The molecule has 4 aromatic rings. The van der Waals surface area contributed by atoms with Gasteiger partial charge in [-0.2, -0.15) is 10.2 Å². The molecule has 114 valence electrons. The average molecular weight is 307 g/mol. The maximum absolute atomic E-state index is 12.4. The summed E-state index contributed by atoms with van der Waals surface area (Å²) >= 11 is 0. The molecule has 0 saturated carbocycles. The minimum atomic E-state index is -0.241. The normalized spacial score (nSPS) is 11.0. The van der Waals surface area contributed by atoms with Crippen LogP contribution in [0.25, 0.3) is 11.2 Å². The molecule has 0 radical (unpaired) electrons. The van der Waals surface area contributed by atoms with E-state index in [1.807, 2.05) is 41.9 Å². The third kappa shape index (κ3) is 2.35. The Hall–Kier alpha value is -3.42. The first-order chi connectivity index (χ1) is 11.2. The molecule has 4 aromatic heterocycles. The Kier molecular flexibility index (Phi) is 2.94. The smallest absolute Gasteiger partial charge is 0.273 e. The van der Waals surface area contributed by atoms with Crippen LogP contribution in [0.4, 0.5) is 5.82 Å². The number of pyridine rings is 1. The first-order valence-electron chi connectivity index (χ1n) is 6.99. The molecular formula is C15H13N7O. The molecule has 0 spiro atoms. The number of carbonyl (C=O) groups excluding carboxylic acids is 1. The van der Waals surface area contributed by atoms with Crippen molar-refractivity contribution in [1.29, 1.82) is 0 Å². The van der Waals surface area contributed by atoms with E-state index in [-0.39, 0.29) is 5.91 Å². The fourth-order valence-corrected chi connectivity index (χ4v) is 2.38. The Bertz CT molecular complexity index is 994. The van der Waals surface area contributed by atoms with Gasteiger partial charge in [-0.1, -0.05) is 6.07 Å². The van der Waals surface area contributed by atoms with Crippen LogP contribution in [0.15, 0.2) is 55.1 Å². The zero-order valence-corrected chi connectivity index (χ0v) is 12.3. The fourth-order valence-electron chi connectivity index (χ4n) is 2.38. The monoisotopic (exact) mass is 307 g/mol. The Morgan fingerprint density at radius 1 is 1.13 bits per heavy atom. The van der Waals surface area contributed by atoms with Gasteiger partial charge in [0.25, 0.3) is 5.91 Å². The average Bonchev–Trinajstić information content (AvgIpc) is 3.25. The summed E-state index contributed by atoms with van der Waals surface area (Å²) in [6.45, 7) is 0. The number of hydrogen-bond donors (Lipinski definition) is 1. The van der Waals surface area contributed by atoms with Crippen LogP contribution in [0.2, 0.25) is 0 Å². The van der Waals surface area contributed by atoms with Gasteiger partial charge in [-0.3, -0.25) is 9.48 Å². The number of carbonyl (C=O) groups is 1. The lowest BCUT2D eigenvalue weighted by atomic mass is 10.4. The second-order valence-electron chi connectivity index (χ2n) is 5.06. The quantitative estimate of drug-likeness (QED) is 0.622. The summed E-state index contributed by atoms with van der Waals surface area (Å²) in [5.41, 5.74) is 2.22. The molecule has 0 atom stereocenters. The van der Waals surface area contributed by atoms with Crippen LogP contribution in [0.3, 0.4) is 0 Å². The summed E-state index contributed by atoms with van der Waals surface area (Å²) in [5, 5.41) is 15.2. The molecular weight excluding hydrogens is 294 g/mol. The van der Waals surface area contributed by atoms with Crippen LogP contribution >= 0.6 is 0 Å². The zero-order chi connectivity index (χ0) is 15.8. The van der Waals surface area contributed by atoms with E-state index in [4.69, 9.17) is 0 Å². The lowest BCUT2D eigenvalue weighted by Gasteiger charge is -2.02. The number of aromatic nitrogens is 6. The molecule has 0 saturated heterocycles. The number of hydrogen-bond acceptors (Lipinski definition) is 4. The van der Waals surface area contributed by atoms with Gasteiger partial charge in [0.05, 0.1) is 18.6 Å². The Morgan fingerprint density at radius 2 is 2.04 bits per heavy atom. The second-order valence-corrected chi connectivity index (χ2v) is 5.06. The van der Waals surface area contributed by atoms with Crippen molar-refractivity contribution in [1.82, 2.24) is 29.2 Å². The number of amides is 1. The highest BCUT2D eigenvalue weighted by molar-refractivity contribution is 6.03. The van der Waals surface area contributed by atoms with Gasteiger partial charge in [0.15, 0.2) is 5.82 Å². The molecule has 8 nitrogen and oxygen atoms in total. The van der Waals surface area contributed by atoms with Gasteiger partial charge in [-0.25, -0.2) is 0 Å². The Morgan fingerprint density at radius 3 is 2.87 bits per heavy atom. The fraction of sp³-hybridized carbons (Fsp3) is 0.0667. The highest BCUT2D eigenvalue weighted by atomic mass is 16.2. The number of aryl methyl sites for hydroxylation is 1. The molecule has 8 heteroatoms. The third-order valence-electron chi connectivity index (χ3n) is 3.45. The SMILES string of the molecule is Cn1cc(-n2ncc(NC(=O)c3ccc4ccccn34)n2)cn1. The van der Waals surface area contributed by atoms with Crippen molar-refractivity contribution < 1.29 is 4.79 Å². The molecule has 4 rings (SSSR count). The van der Waals surface area contributed by atoms with Crippen LogP contribution in [-0.4, -0.2) is 35.1 Å². The van der Waals surface area contributed by atoms with Gasteiger partial charge in [-0.05, 0) is 24.3 Å². The molecule has 4 heterocycles. The molecule has 0 unspecified atom stereocenters. The predicted molar refractivity (Wildman–Crippen MR) is 83.5 cm³/mol. The summed E-state index contributed by atoms with van der Waals surface area (Å²) in [6.07, 6.45) is 6.77. The Balaban J connectivity index is 1.58. The highest BCUT2D eigenvalue weighted by Gasteiger charge is 2.13. The van der Waals surface area contributed by atoms with E-state index < -0.39 is 0 Å². The van der Waals surface area contributed by atoms with E-state index in [0.717, 1.165) is 11.2 Å². The first-order valence-corrected chi connectivity index (χ1v) is 6.99. The number of rotatable bonds is 3. The molecule has 1 N–H and O–H groups in total. The summed E-state index contributed by atoms with van der Waals surface area (Å²) < 4.78 is 3.48. The van der Waals surface area contributed by atoms with E-state index in [9.17, 15) is 4.79 Å². The molecule has 0 bridgehead atoms. The number of nitrogens with zero attached hydrogens (tertiary/aromatic N) is 6. The van der Waals surface area contributed by atoms with E-state index in [1.54, 1.807) is 23.1 Å². The van der Waals surface area contributed by atoms with Crippen molar-refractivity contribution in [2.75, 3.05) is 5.32 Å². The zero-order valence-electron chi connectivity index (χ0n) is 12.3. The second kappa shape index (κ2) is 5.09. The first kappa shape index (κ1) is 13.3. The maximum Gasteiger partial charge on any atom is 0.273 e. The van der Waals surface area contributed by atoms with Gasteiger partial charge in [-0.15, -0.1) is 9.90 Å². The number of nitrogens with one attached hydrogen (secondary N) is 1. The van der Waals surface area contributed by atoms with Crippen LogP contribution < -0.4 is 5.32 Å². The molecule has 0 fully saturated rings. The summed E-state index contributed by atoms with van der Waals surface area (Å²) in [7, 11) is 1.81. The van der Waals surface area contributed by atoms with Gasteiger partial charge >= 0.3 is 0 Å². The molecule has 23 heavy (non-hydrogen) atoms. The van der Waals surface area contributed by atoms with E-state index in [0.29, 0.717) is 11.5 Å². The van der Waals surface area contributed by atoms with Crippen molar-refractivity contribution in [3.8, 4) is 5.69 Å². The summed E-state index contributed by atoms with van der Waals surface area (Å²) in [6, 6.07) is 9.41. The van der Waals surface area contributed by atoms with Crippen molar-refractivity contribution >= 4 is 17.2 Å². The molecule has 0 aromatic carbocycles. The summed E-state index contributed by atoms with van der Waals surface area (Å²) in [4.78, 5) is 13.8. The summed E-state index contributed by atoms with van der Waals surface area (Å²) in [5.74, 6) is 0.138. The maximum atomic E-state index is 12.4. The topological polar surface area (TPSA) is 82.0 Å². The standard InChI is InChI=1S/C15H13N7O/c1-20-10-12(8-16-20)22-17-9-14(19-22)18-15(23)13-6-5-11-4-2-3-7-21(11)13/h2-10H,1H3,(H,18,19,23). The van der Waals surface area contributed by atoms with Crippen molar-refractivity contribution in [3.63, 3.8) is 0 Å². The van der Waals surface area contributed by atoms with Crippen molar-refractivity contribution in [2.24, 2.45) is 7.05 Å². The molecule has 0 aliphatic carbocycles. The third-order valence-corrected chi connectivity index (χ3v) is 3.45. The molecule has 1 amide bonds. The van der Waals surface area contributed by atoms with E-state index >= 15 is 0 Å². The van der Waals surface area contributed by atoms with E-state index in [2.05, 4.69) is 20.6 Å². The minimum absolute atomic E-state index is 0.241.